The fourth-order valence-corrected chi connectivity index (χ4v) is 4.56. The Kier molecular flexibility index (Phi) is 4.63. The van der Waals surface area contributed by atoms with Crippen LogP contribution in [0.3, 0.4) is 0 Å². The number of allylic oxidation sites excluding steroid dienone is 1. The molecule has 0 aliphatic carbocycles. The lowest BCUT2D eigenvalue weighted by Crippen LogP contribution is -2.40. The smallest absolute Gasteiger partial charge is 0.265 e. The molecule has 0 unspecified atom stereocenters. The molecule has 3 rings (SSSR count). The third kappa shape index (κ3) is 2.93. The summed E-state index contributed by atoms with van der Waals surface area (Å²) in [7, 11) is -3.90. The molecular weight excluding hydrogens is 338 g/mol. The average Bonchev–Trinajstić information content (AvgIpc) is 2.64. The molecule has 1 N–H and O–H groups in total. The maximum absolute atomic E-state index is 13.0. The molecule has 0 atom stereocenters. The number of benzene rings is 2. The zero-order chi connectivity index (χ0) is 18.0. The van der Waals surface area contributed by atoms with Crippen molar-refractivity contribution in [2.75, 3.05) is 6.54 Å². The fourth-order valence-electron chi connectivity index (χ4n) is 2.85. The summed E-state index contributed by atoms with van der Waals surface area (Å²) in [5.41, 5.74) is 0.313. The number of sulfonamides is 1. The molecule has 0 radical (unpaired) electrons. The van der Waals surface area contributed by atoms with Gasteiger partial charge in [0.1, 0.15) is 5.70 Å². The average molecular weight is 357 g/mol. The zero-order valence-corrected chi connectivity index (χ0v) is 14.7. The molecule has 0 aromatic heterocycles. The molecule has 0 amide bonds. The van der Waals surface area contributed by atoms with E-state index < -0.39 is 15.8 Å². The molecule has 25 heavy (non-hydrogen) atoms. The van der Waals surface area contributed by atoms with Gasteiger partial charge in [-0.3, -0.25) is 9.10 Å². The summed E-state index contributed by atoms with van der Waals surface area (Å²) in [6.07, 6.45) is 1.35. The van der Waals surface area contributed by atoms with Gasteiger partial charge < -0.3 is 5.11 Å². The first-order valence-electron chi connectivity index (χ1n) is 8.13. The van der Waals surface area contributed by atoms with Crippen LogP contribution in [0.15, 0.2) is 65.2 Å². The molecule has 6 heteroatoms. The van der Waals surface area contributed by atoms with Gasteiger partial charge in [-0.1, -0.05) is 55.8 Å². The second-order valence-corrected chi connectivity index (χ2v) is 7.65. The molecule has 1 heterocycles. The standard InChI is InChI=1S/C19H19NO4S/c1-2-3-13-20-17(18(21)14-9-5-4-6-10-14)19(22)15-11-7-8-12-16(15)25(20,23)24/h4-12,21H,2-3,13H2,1H3/b18-17-. The van der Waals surface area contributed by atoms with E-state index >= 15 is 0 Å². The summed E-state index contributed by atoms with van der Waals surface area (Å²) in [4.78, 5) is 13.0. The van der Waals surface area contributed by atoms with E-state index in [1.807, 2.05) is 6.92 Å². The van der Waals surface area contributed by atoms with Crippen molar-refractivity contribution in [3.8, 4) is 0 Å². The van der Waals surface area contributed by atoms with Gasteiger partial charge in [0.15, 0.2) is 5.76 Å². The zero-order valence-electron chi connectivity index (χ0n) is 13.8. The predicted molar refractivity (Wildman–Crippen MR) is 95.6 cm³/mol. The van der Waals surface area contributed by atoms with Crippen LogP contribution < -0.4 is 0 Å². The van der Waals surface area contributed by atoms with E-state index in [0.717, 1.165) is 10.7 Å². The normalized spacial score (nSPS) is 18.0. The van der Waals surface area contributed by atoms with Crippen LogP contribution in [0, 0.1) is 0 Å². The molecule has 1 aliphatic rings. The van der Waals surface area contributed by atoms with Crippen molar-refractivity contribution in [3.05, 3.63) is 71.4 Å². The number of rotatable bonds is 4. The topological polar surface area (TPSA) is 74.7 Å². The maximum Gasteiger partial charge on any atom is 0.265 e. The van der Waals surface area contributed by atoms with Crippen molar-refractivity contribution in [1.82, 2.24) is 4.31 Å². The summed E-state index contributed by atoms with van der Waals surface area (Å²) in [5, 5.41) is 10.7. The number of fused-ring (bicyclic) bond motifs is 1. The molecule has 130 valence electrons. The molecule has 2 aromatic carbocycles. The molecule has 0 fully saturated rings. The molecule has 0 saturated carbocycles. The minimum atomic E-state index is -3.90. The third-order valence-electron chi connectivity index (χ3n) is 4.15. The first-order valence-corrected chi connectivity index (χ1v) is 9.57. The van der Waals surface area contributed by atoms with Gasteiger partial charge in [-0.2, -0.15) is 0 Å². The van der Waals surface area contributed by atoms with Crippen LogP contribution in [0.2, 0.25) is 0 Å². The van der Waals surface area contributed by atoms with Crippen molar-refractivity contribution in [1.29, 1.82) is 0 Å². The van der Waals surface area contributed by atoms with Gasteiger partial charge in [-0.15, -0.1) is 0 Å². The van der Waals surface area contributed by atoms with Crippen molar-refractivity contribution < 1.29 is 18.3 Å². The van der Waals surface area contributed by atoms with E-state index in [-0.39, 0.29) is 28.5 Å². The van der Waals surface area contributed by atoms with Crippen LogP contribution in [0.4, 0.5) is 0 Å². The number of Topliss-reactive ketones (excluding diaryl/α,β-unsaturated/α-hetero) is 1. The quantitative estimate of drug-likeness (QED) is 0.670. The Hall–Kier alpha value is -2.60. The predicted octanol–water partition coefficient (Wildman–Crippen LogP) is 3.60. The summed E-state index contributed by atoms with van der Waals surface area (Å²) < 4.78 is 27.1. The molecular formula is C19H19NO4S. The SMILES string of the molecule is CCCCN1/C(=C(\O)c2ccccc2)C(=O)c2ccccc2S1(=O)=O. The van der Waals surface area contributed by atoms with Gasteiger partial charge in [-0.05, 0) is 18.6 Å². The summed E-state index contributed by atoms with van der Waals surface area (Å²) in [6, 6.07) is 14.6. The van der Waals surface area contributed by atoms with Crippen LogP contribution in [0.25, 0.3) is 5.76 Å². The lowest BCUT2D eigenvalue weighted by atomic mass is 10.0. The Bertz CT molecular complexity index is 933. The number of hydrogen-bond donors (Lipinski definition) is 1. The second kappa shape index (κ2) is 6.72. The van der Waals surface area contributed by atoms with E-state index in [1.54, 1.807) is 42.5 Å². The van der Waals surface area contributed by atoms with Gasteiger partial charge in [0.05, 0.1) is 4.90 Å². The minimum Gasteiger partial charge on any atom is -0.505 e. The van der Waals surface area contributed by atoms with Crippen LogP contribution >= 0.6 is 0 Å². The Morgan fingerprint density at radius 1 is 1.04 bits per heavy atom. The van der Waals surface area contributed by atoms with Crippen LogP contribution in [0.1, 0.15) is 35.7 Å². The van der Waals surface area contributed by atoms with Gasteiger partial charge in [0.25, 0.3) is 10.0 Å². The summed E-state index contributed by atoms with van der Waals surface area (Å²) >= 11 is 0. The molecule has 0 bridgehead atoms. The van der Waals surface area contributed by atoms with Gasteiger partial charge in [0.2, 0.25) is 5.78 Å². The summed E-state index contributed by atoms with van der Waals surface area (Å²) in [5.74, 6) is -0.803. The third-order valence-corrected chi connectivity index (χ3v) is 6.01. The maximum atomic E-state index is 13.0. The van der Waals surface area contributed by atoms with Crippen molar-refractivity contribution in [2.24, 2.45) is 0 Å². The van der Waals surface area contributed by atoms with E-state index in [2.05, 4.69) is 0 Å². The highest BCUT2D eigenvalue weighted by Crippen LogP contribution is 2.35. The number of carbonyl (C=O) groups excluding carboxylic acids is 1. The number of nitrogens with zero attached hydrogens (tertiary/aromatic N) is 1. The highest BCUT2D eigenvalue weighted by Gasteiger charge is 2.41. The number of aliphatic hydroxyl groups excluding tert-OH is 1. The molecule has 0 spiro atoms. The van der Waals surface area contributed by atoms with Gasteiger partial charge in [0, 0.05) is 17.7 Å². The monoisotopic (exact) mass is 357 g/mol. The molecule has 0 saturated heterocycles. The lowest BCUT2D eigenvalue weighted by molar-refractivity contribution is 0.0998. The Labute approximate surface area is 147 Å². The number of ketones is 1. The van der Waals surface area contributed by atoms with Crippen molar-refractivity contribution in [3.63, 3.8) is 0 Å². The first-order chi connectivity index (χ1) is 12.0. The van der Waals surface area contributed by atoms with Crippen LogP contribution in [-0.2, 0) is 10.0 Å². The Morgan fingerprint density at radius 3 is 2.36 bits per heavy atom. The second-order valence-electron chi connectivity index (χ2n) is 5.82. The highest BCUT2D eigenvalue weighted by atomic mass is 32.2. The first kappa shape index (κ1) is 17.2. The Morgan fingerprint density at radius 2 is 1.68 bits per heavy atom. The number of hydrogen-bond acceptors (Lipinski definition) is 4. The molecule has 1 aliphatic heterocycles. The van der Waals surface area contributed by atoms with E-state index in [1.165, 1.54) is 12.1 Å². The lowest BCUT2D eigenvalue weighted by Gasteiger charge is -2.31. The number of aliphatic hydroxyl groups is 1. The number of carbonyl (C=O) groups is 1. The number of unbranched alkanes of at least 4 members (excludes halogenated alkanes) is 1. The fraction of sp³-hybridized carbons (Fsp3) is 0.211. The van der Waals surface area contributed by atoms with E-state index in [4.69, 9.17) is 0 Å². The van der Waals surface area contributed by atoms with Gasteiger partial charge >= 0.3 is 0 Å². The Balaban J connectivity index is 2.27. The van der Waals surface area contributed by atoms with Crippen LogP contribution in [0.5, 0.6) is 0 Å². The minimum absolute atomic E-state index is 0.0132. The largest absolute Gasteiger partial charge is 0.505 e. The molecule has 5 nitrogen and oxygen atoms in total. The summed E-state index contributed by atoms with van der Waals surface area (Å²) in [6.45, 7) is 2.08. The van der Waals surface area contributed by atoms with Crippen molar-refractivity contribution in [2.45, 2.75) is 24.7 Å². The van der Waals surface area contributed by atoms with Gasteiger partial charge in [-0.25, -0.2) is 8.42 Å². The highest BCUT2D eigenvalue weighted by molar-refractivity contribution is 7.89. The van der Waals surface area contributed by atoms with Crippen LogP contribution in [-0.4, -0.2) is 30.2 Å². The molecule has 2 aromatic rings. The van der Waals surface area contributed by atoms with E-state index in [9.17, 15) is 18.3 Å². The van der Waals surface area contributed by atoms with E-state index in [0.29, 0.717) is 12.0 Å². The van der Waals surface area contributed by atoms with Crippen molar-refractivity contribution >= 4 is 21.6 Å².